The van der Waals surface area contributed by atoms with Crippen molar-refractivity contribution in [1.82, 2.24) is 0 Å². The predicted molar refractivity (Wildman–Crippen MR) is 77.0 cm³/mol. The summed E-state index contributed by atoms with van der Waals surface area (Å²) in [6.07, 6.45) is 0. The highest BCUT2D eigenvalue weighted by Gasteiger charge is 1.98. The highest BCUT2D eigenvalue weighted by atomic mass is 19.1. The average molecular weight is 282 g/mol. The zero-order valence-corrected chi connectivity index (χ0v) is 12.1. The van der Waals surface area contributed by atoms with Gasteiger partial charge < -0.3 is 10.2 Å². The predicted octanol–water partition coefficient (Wildman–Crippen LogP) is 4.71. The molecule has 0 heterocycles. The highest BCUT2D eigenvalue weighted by molar-refractivity contribution is 5.31. The van der Waals surface area contributed by atoms with E-state index in [0.29, 0.717) is 11.1 Å². The maximum atomic E-state index is 12.4. The molecule has 0 aromatic heterocycles. The molecule has 0 saturated carbocycles. The molecule has 2 nitrogen and oxygen atoms in total. The van der Waals surface area contributed by atoms with Gasteiger partial charge in [-0.3, -0.25) is 0 Å². The zero-order valence-electron chi connectivity index (χ0n) is 12.1. The molecular formula is C16H20F2O2. The first-order chi connectivity index (χ1) is 9.41. The minimum Gasteiger partial charge on any atom is -0.508 e. The van der Waals surface area contributed by atoms with Gasteiger partial charge in [0.1, 0.15) is 23.1 Å². The maximum absolute atomic E-state index is 12.4. The Kier molecular flexibility index (Phi) is 7.97. The summed E-state index contributed by atoms with van der Waals surface area (Å²) in [5.41, 5.74) is 0.868. The van der Waals surface area contributed by atoms with Crippen molar-refractivity contribution in [3.8, 4) is 11.5 Å². The number of hydrogen-bond acceptors (Lipinski definition) is 2. The van der Waals surface area contributed by atoms with Gasteiger partial charge in [0, 0.05) is 5.56 Å². The van der Waals surface area contributed by atoms with Crippen molar-refractivity contribution in [3.05, 3.63) is 59.2 Å². The monoisotopic (exact) mass is 282 g/mol. The molecule has 0 saturated heterocycles. The molecule has 20 heavy (non-hydrogen) atoms. The van der Waals surface area contributed by atoms with Gasteiger partial charge in [0.2, 0.25) is 0 Å². The van der Waals surface area contributed by atoms with Crippen molar-refractivity contribution in [1.29, 1.82) is 0 Å². The van der Waals surface area contributed by atoms with E-state index in [1.54, 1.807) is 6.92 Å². The Morgan fingerprint density at radius 2 is 1.45 bits per heavy atom. The van der Waals surface area contributed by atoms with Crippen molar-refractivity contribution in [2.75, 3.05) is 0 Å². The minimum atomic E-state index is -0.366. The van der Waals surface area contributed by atoms with Crippen molar-refractivity contribution in [2.45, 2.75) is 27.7 Å². The molecular weight excluding hydrogens is 262 g/mol. The van der Waals surface area contributed by atoms with Crippen LogP contribution in [0.2, 0.25) is 0 Å². The normalized spacial score (nSPS) is 8.90. The van der Waals surface area contributed by atoms with E-state index >= 15 is 0 Å². The number of halogens is 2. The van der Waals surface area contributed by atoms with Crippen LogP contribution in [0.5, 0.6) is 11.5 Å². The molecule has 110 valence electrons. The molecule has 0 aliphatic carbocycles. The summed E-state index contributed by atoms with van der Waals surface area (Å²) >= 11 is 0. The fourth-order valence-corrected chi connectivity index (χ4v) is 1.21. The highest BCUT2D eigenvalue weighted by Crippen LogP contribution is 2.17. The van der Waals surface area contributed by atoms with E-state index < -0.39 is 0 Å². The summed E-state index contributed by atoms with van der Waals surface area (Å²) in [6.45, 7) is 7.18. The van der Waals surface area contributed by atoms with Crippen molar-refractivity contribution in [2.24, 2.45) is 0 Å². The van der Waals surface area contributed by atoms with Gasteiger partial charge in [-0.2, -0.15) is 0 Å². The maximum Gasteiger partial charge on any atom is 0.129 e. The molecule has 2 aromatic carbocycles. The molecule has 2 aromatic rings. The summed E-state index contributed by atoms with van der Waals surface area (Å²) in [7, 11) is 0. The van der Waals surface area contributed by atoms with Crippen molar-refractivity contribution < 1.29 is 19.0 Å². The lowest BCUT2D eigenvalue weighted by Gasteiger charge is -1.96. The van der Waals surface area contributed by atoms with Gasteiger partial charge in [-0.25, -0.2) is 8.78 Å². The van der Waals surface area contributed by atoms with Gasteiger partial charge in [0.25, 0.3) is 0 Å². The van der Waals surface area contributed by atoms with E-state index in [1.165, 1.54) is 43.3 Å². The van der Waals surface area contributed by atoms with Crippen molar-refractivity contribution in [3.63, 3.8) is 0 Å². The summed E-state index contributed by atoms with van der Waals surface area (Å²) in [6, 6.07) is 8.09. The van der Waals surface area contributed by atoms with Gasteiger partial charge in [0.05, 0.1) is 0 Å². The Morgan fingerprint density at radius 3 is 1.85 bits per heavy atom. The molecule has 0 radical (unpaired) electrons. The van der Waals surface area contributed by atoms with E-state index in [1.807, 2.05) is 13.8 Å². The number of aryl methyl sites for hydroxylation is 1. The first kappa shape index (κ1) is 17.9. The van der Waals surface area contributed by atoms with Gasteiger partial charge in [-0.1, -0.05) is 19.9 Å². The number of phenolic OH excluding ortho intramolecular Hbond substituents is 2. The summed E-state index contributed by atoms with van der Waals surface area (Å²) in [5, 5.41) is 17.7. The Labute approximate surface area is 118 Å². The molecule has 0 fully saturated rings. The number of phenols is 2. The van der Waals surface area contributed by atoms with E-state index in [0.717, 1.165) is 0 Å². The lowest BCUT2D eigenvalue weighted by Crippen LogP contribution is -1.79. The molecule has 0 aliphatic rings. The summed E-state index contributed by atoms with van der Waals surface area (Å²) in [4.78, 5) is 0. The lowest BCUT2D eigenvalue weighted by atomic mass is 10.2. The zero-order chi connectivity index (χ0) is 15.7. The molecule has 0 amide bonds. The minimum absolute atomic E-state index is 0.00926. The van der Waals surface area contributed by atoms with E-state index in [4.69, 9.17) is 10.2 Å². The van der Waals surface area contributed by atoms with Crippen LogP contribution < -0.4 is 0 Å². The molecule has 4 heteroatoms. The second kappa shape index (κ2) is 8.91. The van der Waals surface area contributed by atoms with Crippen molar-refractivity contribution >= 4 is 0 Å². The number of benzene rings is 2. The third-order valence-corrected chi connectivity index (χ3v) is 2.40. The fourth-order valence-electron chi connectivity index (χ4n) is 1.21. The van der Waals surface area contributed by atoms with Crippen LogP contribution in [0.25, 0.3) is 0 Å². The van der Waals surface area contributed by atoms with Gasteiger partial charge >= 0.3 is 0 Å². The van der Waals surface area contributed by atoms with Gasteiger partial charge in [-0.05, 0) is 49.7 Å². The van der Waals surface area contributed by atoms with Crippen LogP contribution in [-0.2, 0) is 0 Å². The van der Waals surface area contributed by atoms with Gasteiger partial charge in [-0.15, -0.1) is 0 Å². The lowest BCUT2D eigenvalue weighted by molar-refractivity contribution is 0.463. The van der Waals surface area contributed by atoms with Crippen LogP contribution >= 0.6 is 0 Å². The first-order valence-corrected chi connectivity index (χ1v) is 6.31. The number of aromatic hydroxyl groups is 2. The third kappa shape index (κ3) is 5.69. The molecule has 2 rings (SSSR count). The first-order valence-electron chi connectivity index (χ1n) is 6.31. The second-order valence-corrected chi connectivity index (χ2v) is 3.81. The average Bonchev–Trinajstić information content (AvgIpc) is 2.43. The molecule has 0 aliphatic heterocycles. The Bertz CT molecular complexity index is 520. The van der Waals surface area contributed by atoms with Gasteiger partial charge in [0.15, 0.2) is 0 Å². The molecule has 0 spiro atoms. The quantitative estimate of drug-likeness (QED) is 0.735. The molecule has 0 unspecified atom stereocenters. The van der Waals surface area contributed by atoms with Crippen LogP contribution in [0.4, 0.5) is 8.78 Å². The largest absolute Gasteiger partial charge is 0.508 e. The topological polar surface area (TPSA) is 40.5 Å². The Morgan fingerprint density at radius 1 is 0.850 bits per heavy atom. The molecule has 2 N–H and O–H groups in total. The van der Waals surface area contributed by atoms with E-state index in [2.05, 4.69) is 0 Å². The SMILES string of the molecule is CC.Cc1c(O)cccc1F.Cc1cc(F)ccc1O. The van der Waals surface area contributed by atoms with E-state index in [-0.39, 0.29) is 23.1 Å². The number of rotatable bonds is 0. The third-order valence-electron chi connectivity index (χ3n) is 2.40. The summed E-state index contributed by atoms with van der Waals surface area (Å²) in [5.74, 6) is -0.535. The van der Waals surface area contributed by atoms with Crippen LogP contribution in [0.15, 0.2) is 36.4 Å². The smallest absolute Gasteiger partial charge is 0.129 e. The van der Waals surface area contributed by atoms with Crippen LogP contribution in [-0.4, -0.2) is 10.2 Å². The van der Waals surface area contributed by atoms with Crippen LogP contribution in [0.3, 0.4) is 0 Å². The van der Waals surface area contributed by atoms with Crippen LogP contribution in [0, 0.1) is 25.5 Å². The standard InChI is InChI=1S/2C7H7FO.C2H6/c1-5-4-6(8)2-3-7(5)9;1-5-6(8)3-2-4-7(5)9;1-2/h2*2-4,9H,1H3;1-2H3. The summed E-state index contributed by atoms with van der Waals surface area (Å²) < 4.78 is 24.7. The Hall–Kier alpha value is -2.10. The Balaban J connectivity index is 0.000000321. The van der Waals surface area contributed by atoms with Crippen LogP contribution in [0.1, 0.15) is 25.0 Å². The fraction of sp³-hybridized carbons (Fsp3) is 0.250. The van der Waals surface area contributed by atoms with E-state index in [9.17, 15) is 8.78 Å². The molecule has 0 bridgehead atoms. The molecule has 0 atom stereocenters. The second-order valence-electron chi connectivity index (χ2n) is 3.81. The number of hydrogen-bond donors (Lipinski definition) is 2.